The second-order valence-electron chi connectivity index (χ2n) is 9.13. The molecule has 2 fully saturated rings. The summed E-state index contributed by atoms with van der Waals surface area (Å²) < 4.78 is 32.9. The van der Waals surface area contributed by atoms with Crippen LogP contribution in [0.4, 0.5) is 5.69 Å². The van der Waals surface area contributed by atoms with E-state index in [1.54, 1.807) is 12.1 Å². The third-order valence-electron chi connectivity index (χ3n) is 6.85. The largest absolute Gasteiger partial charge is 0.379 e. The summed E-state index contributed by atoms with van der Waals surface area (Å²) in [6.07, 6.45) is 3.58. The molecule has 2 amide bonds. The fraction of sp³-hybridized carbons (Fsp3) is 0.652. The summed E-state index contributed by atoms with van der Waals surface area (Å²) in [4.78, 5) is 30.2. The molecule has 3 aliphatic heterocycles. The molecule has 0 radical (unpaired) electrons. The van der Waals surface area contributed by atoms with Crippen LogP contribution in [0.2, 0.25) is 0 Å². The number of carbonyl (C=O) groups excluding carboxylic acids is 2. The number of amides is 2. The number of likely N-dealkylation sites (tertiary alicyclic amines) is 1. The predicted molar refractivity (Wildman–Crippen MR) is 132 cm³/mol. The van der Waals surface area contributed by atoms with Gasteiger partial charge in [-0.3, -0.25) is 14.5 Å². The van der Waals surface area contributed by atoms with Gasteiger partial charge in [-0.05, 0) is 44.9 Å². The first-order valence-corrected chi connectivity index (χ1v) is 14.4. The minimum Gasteiger partial charge on any atom is -0.379 e. The van der Waals surface area contributed by atoms with Gasteiger partial charge >= 0.3 is 0 Å². The summed E-state index contributed by atoms with van der Waals surface area (Å²) in [7, 11) is -3.70. The average Bonchev–Trinajstić information content (AvgIpc) is 2.83. The highest BCUT2D eigenvalue weighted by Gasteiger charge is 2.31. The Balaban J connectivity index is 1.43. The van der Waals surface area contributed by atoms with Crippen LogP contribution in [-0.2, 0) is 24.3 Å². The Hall–Kier alpha value is -1.66. The highest BCUT2D eigenvalue weighted by atomic mass is 32.2. The maximum absolute atomic E-state index is 13.1. The molecule has 0 aromatic heterocycles. The Labute approximate surface area is 206 Å². The van der Waals surface area contributed by atoms with Crippen LogP contribution in [-0.4, -0.2) is 93.2 Å². The number of morpholine rings is 1. The van der Waals surface area contributed by atoms with Gasteiger partial charge in [0.15, 0.2) is 0 Å². The van der Waals surface area contributed by atoms with Crippen LogP contribution in [0.3, 0.4) is 0 Å². The van der Waals surface area contributed by atoms with E-state index < -0.39 is 10.0 Å². The molecule has 3 heterocycles. The lowest BCUT2D eigenvalue weighted by molar-refractivity contribution is -0.123. The lowest BCUT2D eigenvalue weighted by Crippen LogP contribution is -2.49. The second kappa shape index (κ2) is 10.9. The molecule has 4 rings (SSSR count). The van der Waals surface area contributed by atoms with Crippen molar-refractivity contribution in [2.75, 3.05) is 56.6 Å². The first-order valence-electron chi connectivity index (χ1n) is 11.9. The summed E-state index contributed by atoms with van der Waals surface area (Å²) in [5.74, 6) is -0.227. The standard InChI is InChI=1S/C23H34N4O5S2/c1-17-4-3-5-18(2)26(17)9-8-24-22(28)15-27-20-14-19(6-7-21(20)33-16-23(27)29)34(30,31)25-10-12-32-13-11-25/h6-7,14,17-18H,3-5,8-13,15-16H2,1-2H3,(H,24,28)/t17-,18-/m1/s1. The molecule has 34 heavy (non-hydrogen) atoms. The topological polar surface area (TPSA) is 99.3 Å². The van der Waals surface area contributed by atoms with E-state index in [1.165, 1.54) is 46.3 Å². The molecule has 0 spiro atoms. The van der Waals surface area contributed by atoms with Crippen molar-refractivity contribution < 1.29 is 22.7 Å². The van der Waals surface area contributed by atoms with E-state index in [0.29, 0.717) is 50.6 Å². The van der Waals surface area contributed by atoms with Crippen molar-refractivity contribution in [3.8, 4) is 0 Å². The summed E-state index contributed by atoms with van der Waals surface area (Å²) in [6, 6.07) is 5.82. The number of benzene rings is 1. The first-order chi connectivity index (χ1) is 16.3. The molecule has 188 valence electrons. The van der Waals surface area contributed by atoms with Gasteiger partial charge in [-0.25, -0.2) is 8.42 Å². The first kappa shape index (κ1) is 25.4. The number of sulfonamides is 1. The molecule has 0 unspecified atom stereocenters. The minimum atomic E-state index is -3.70. The third kappa shape index (κ3) is 5.59. The second-order valence-corrected chi connectivity index (χ2v) is 12.1. The predicted octanol–water partition coefficient (Wildman–Crippen LogP) is 1.53. The number of carbonyl (C=O) groups is 2. The van der Waals surface area contributed by atoms with Crippen molar-refractivity contribution in [2.45, 2.75) is 55.0 Å². The molecule has 2 atom stereocenters. The highest BCUT2D eigenvalue weighted by Crippen LogP contribution is 2.37. The zero-order valence-corrected chi connectivity index (χ0v) is 21.5. The molecule has 0 bridgehead atoms. The van der Waals surface area contributed by atoms with Gasteiger partial charge in [0.25, 0.3) is 0 Å². The van der Waals surface area contributed by atoms with Gasteiger partial charge in [0.05, 0.1) is 29.5 Å². The van der Waals surface area contributed by atoms with Crippen molar-refractivity contribution >= 4 is 39.3 Å². The van der Waals surface area contributed by atoms with Gasteiger partial charge in [0, 0.05) is 43.2 Å². The van der Waals surface area contributed by atoms with Gasteiger partial charge in [0.1, 0.15) is 6.54 Å². The molecular formula is C23H34N4O5S2. The van der Waals surface area contributed by atoms with Crippen LogP contribution in [0.15, 0.2) is 28.0 Å². The van der Waals surface area contributed by atoms with E-state index in [9.17, 15) is 18.0 Å². The molecule has 0 aliphatic carbocycles. The van der Waals surface area contributed by atoms with E-state index in [4.69, 9.17) is 4.74 Å². The molecule has 2 saturated heterocycles. The zero-order valence-electron chi connectivity index (χ0n) is 19.9. The third-order valence-corrected chi connectivity index (χ3v) is 9.79. The van der Waals surface area contributed by atoms with E-state index in [0.717, 1.165) is 11.4 Å². The van der Waals surface area contributed by atoms with Crippen LogP contribution < -0.4 is 10.2 Å². The average molecular weight is 511 g/mol. The Morgan fingerprint density at radius 3 is 2.59 bits per heavy atom. The molecular weight excluding hydrogens is 476 g/mol. The fourth-order valence-corrected chi connectivity index (χ4v) is 7.24. The van der Waals surface area contributed by atoms with Crippen LogP contribution in [0.25, 0.3) is 0 Å². The van der Waals surface area contributed by atoms with Crippen LogP contribution in [0, 0.1) is 0 Å². The van der Waals surface area contributed by atoms with E-state index in [-0.39, 0.29) is 29.0 Å². The van der Waals surface area contributed by atoms with Gasteiger partial charge < -0.3 is 15.0 Å². The van der Waals surface area contributed by atoms with Crippen molar-refractivity contribution in [1.82, 2.24) is 14.5 Å². The Morgan fingerprint density at radius 1 is 1.18 bits per heavy atom. The lowest BCUT2D eigenvalue weighted by atomic mass is 9.98. The van der Waals surface area contributed by atoms with Gasteiger partial charge in [-0.2, -0.15) is 4.31 Å². The smallest absolute Gasteiger partial charge is 0.243 e. The van der Waals surface area contributed by atoms with Crippen LogP contribution >= 0.6 is 11.8 Å². The number of hydrogen-bond donors (Lipinski definition) is 1. The zero-order chi connectivity index (χ0) is 24.3. The number of ether oxygens (including phenoxy) is 1. The molecule has 1 aromatic carbocycles. The SMILES string of the molecule is C[C@@H]1CCC[C@@H](C)N1CCNC(=O)CN1C(=O)CSc2ccc(S(=O)(=O)N3CCOCC3)cc21. The van der Waals surface area contributed by atoms with E-state index >= 15 is 0 Å². The number of fused-ring (bicyclic) bond motifs is 1. The number of rotatable bonds is 7. The van der Waals surface area contributed by atoms with E-state index in [1.807, 2.05) is 0 Å². The number of hydrogen-bond acceptors (Lipinski definition) is 7. The maximum atomic E-state index is 13.1. The quantitative estimate of drug-likeness (QED) is 0.594. The Morgan fingerprint density at radius 2 is 1.88 bits per heavy atom. The van der Waals surface area contributed by atoms with Crippen LogP contribution in [0.1, 0.15) is 33.1 Å². The van der Waals surface area contributed by atoms with Gasteiger partial charge in [-0.15, -0.1) is 11.8 Å². The molecule has 1 aromatic rings. The van der Waals surface area contributed by atoms with E-state index in [2.05, 4.69) is 24.1 Å². The van der Waals surface area contributed by atoms with Crippen molar-refractivity contribution in [3.63, 3.8) is 0 Å². The number of thioether (sulfide) groups is 1. The summed E-state index contributed by atoms with van der Waals surface area (Å²) >= 11 is 1.36. The summed E-state index contributed by atoms with van der Waals surface area (Å²) in [5.41, 5.74) is 0.476. The van der Waals surface area contributed by atoms with Gasteiger partial charge in [-0.1, -0.05) is 6.42 Å². The normalized spacial score (nSPS) is 24.6. The highest BCUT2D eigenvalue weighted by molar-refractivity contribution is 8.00. The fourth-order valence-electron chi connectivity index (χ4n) is 4.89. The van der Waals surface area contributed by atoms with Crippen molar-refractivity contribution in [2.24, 2.45) is 0 Å². The molecule has 11 heteroatoms. The molecule has 1 N–H and O–H groups in total. The number of nitrogens with one attached hydrogen (secondary N) is 1. The molecule has 3 aliphatic rings. The number of piperidine rings is 1. The molecule has 9 nitrogen and oxygen atoms in total. The van der Waals surface area contributed by atoms with Crippen molar-refractivity contribution in [1.29, 1.82) is 0 Å². The summed E-state index contributed by atoms with van der Waals surface area (Å²) in [6.45, 7) is 6.93. The van der Waals surface area contributed by atoms with Gasteiger partial charge in [0.2, 0.25) is 21.8 Å². The monoisotopic (exact) mass is 510 g/mol. The van der Waals surface area contributed by atoms with Crippen molar-refractivity contribution in [3.05, 3.63) is 18.2 Å². The Bertz CT molecular complexity index is 1000. The molecule has 0 saturated carbocycles. The van der Waals surface area contributed by atoms with Crippen LogP contribution in [0.5, 0.6) is 0 Å². The number of nitrogens with zero attached hydrogens (tertiary/aromatic N) is 3. The minimum absolute atomic E-state index is 0.126. The summed E-state index contributed by atoms with van der Waals surface area (Å²) in [5, 5.41) is 2.94. The Kier molecular flexibility index (Phi) is 8.19. The maximum Gasteiger partial charge on any atom is 0.243 e. The number of anilines is 1. The lowest BCUT2D eigenvalue weighted by Gasteiger charge is -2.39.